The van der Waals surface area contributed by atoms with Gasteiger partial charge in [0.05, 0.1) is 5.60 Å². The molecule has 0 aliphatic heterocycles. The number of aryl methyl sites for hydroxylation is 3. The van der Waals surface area contributed by atoms with E-state index in [9.17, 15) is 5.11 Å². The Hall–Kier alpha value is -2.71. The molecule has 2 aromatic carbocycles. The van der Waals surface area contributed by atoms with Gasteiger partial charge >= 0.3 is 0 Å². The van der Waals surface area contributed by atoms with Crippen molar-refractivity contribution >= 4 is 6.08 Å². The monoisotopic (exact) mass is 453 g/mol. The van der Waals surface area contributed by atoms with Gasteiger partial charge in [-0.15, -0.1) is 0 Å². The molecule has 0 atom stereocenters. The highest BCUT2D eigenvalue weighted by molar-refractivity contribution is 5.68. The summed E-state index contributed by atoms with van der Waals surface area (Å²) in [5, 5.41) is 10.7. The van der Waals surface area contributed by atoms with Gasteiger partial charge in [-0.25, -0.2) is 0 Å². The van der Waals surface area contributed by atoms with Crippen LogP contribution in [0.25, 0.3) is 17.2 Å². The Kier molecular flexibility index (Phi) is 7.09. The molecule has 1 saturated carbocycles. The second-order valence-corrected chi connectivity index (χ2v) is 10.3. The first kappa shape index (κ1) is 24.4. The molecule has 3 aromatic rings. The molecule has 4 rings (SSSR count). The van der Waals surface area contributed by atoms with Gasteiger partial charge in [0, 0.05) is 23.4 Å². The van der Waals surface area contributed by atoms with E-state index < -0.39 is 5.60 Å². The summed E-state index contributed by atoms with van der Waals surface area (Å²) in [5.41, 5.74) is 9.47. The summed E-state index contributed by atoms with van der Waals surface area (Å²) in [6.07, 6.45) is 14.1. The molecular weight excluding hydrogens is 414 g/mol. The van der Waals surface area contributed by atoms with Crippen LogP contribution in [-0.4, -0.2) is 15.7 Å². The smallest absolute Gasteiger partial charge is 0.0830 e. The van der Waals surface area contributed by atoms with Gasteiger partial charge in [-0.3, -0.25) is 4.98 Å². The topological polar surface area (TPSA) is 33.1 Å². The van der Waals surface area contributed by atoms with E-state index in [4.69, 9.17) is 0 Å². The number of nitrogens with zero attached hydrogens (tertiary/aromatic N) is 1. The van der Waals surface area contributed by atoms with Crippen molar-refractivity contribution in [1.29, 1.82) is 0 Å². The van der Waals surface area contributed by atoms with Crippen LogP contribution >= 0.6 is 0 Å². The number of hydrogen-bond acceptors (Lipinski definition) is 2. The van der Waals surface area contributed by atoms with E-state index in [2.05, 4.69) is 88.1 Å². The van der Waals surface area contributed by atoms with Crippen molar-refractivity contribution in [3.8, 4) is 11.1 Å². The van der Waals surface area contributed by atoms with Gasteiger partial charge in [0.2, 0.25) is 0 Å². The Bertz CT molecular complexity index is 1180. The van der Waals surface area contributed by atoms with E-state index in [-0.39, 0.29) is 5.41 Å². The fraction of sp³-hybridized carbons (Fsp3) is 0.406. The standard InChI is InChI=1S/C32H39NO/c1-6-32(7-2,29-12-13-30(25(5)20-29)27-18-23(3)21-33-22-27)28-11-10-26(24(4)19-28)14-17-31(34)15-8-9-16-31/h10-14,17-22,34H,6-9,15-16H2,1-5H3/b17-14+. The van der Waals surface area contributed by atoms with E-state index in [1.54, 1.807) is 0 Å². The molecule has 34 heavy (non-hydrogen) atoms. The largest absolute Gasteiger partial charge is 0.386 e. The highest BCUT2D eigenvalue weighted by Gasteiger charge is 2.32. The maximum atomic E-state index is 10.7. The lowest BCUT2D eigenvalue weighted by atomic mass is 9.69. The van der Waals surface area contributed by atoms with Crippen LogP contribution in [0.15, 0.2) is 60.9 Å². The zero-order valence-electron chi connectivity index (χ0n) is 21.5. The average Bonchev–Trinajstić information content (AvgIpc) is 3.26. The zero-order valence-corrected chi connectivity index (χ0v) is 21.5. The fourth-order valence-electron chi connectivity index (χ4n) is 5.78. The molecule has 2 heteroatoms. The van der Waals surface area contributed by atoms with Gasteiger partial charge in [0.15, 0.2) is 0 Å². The highest BCUT2D eigenvalue weighted by Crippen LogP contribution is 2.41. The van der Waals surface area contributed by atoms with Gasteiger partial charge in [0.1, 0.15) is 0 Å². The predicted molar refractivity (Wildman–Crippen MR) is 144 cm³/mol. The lowest BCUT2D eigenvalue weighted by molar-refractivity contribution is 0.100. The number of hydrogen-bond donors (Lipinski definition) is 1. The van der Waals surface area contributed by atoms with Crippen LogP contribution < -0.4 is 0 Å². The summed E-state index contributed by atoms with van der Waals surface area (Å²) in [5.74, 6) is 0. The van der Waals surface area contributed by atoms with Crippen molar-refractivity contribution in [2.45, 2.75) is 84.2 Å². The van der Waals surface area contributed by atoms with E-state index >= 15 is 0 Å². The van der Waals surface area contributed by atoms with Crippen LogP contribution in [0.2, 0.25) is 0 Å². The van der Waals surface area contributed by atoms with Crippen molar-refractivity contribution in [2.24, 2.45) is 0 Å². The molecule has 0 saturated heterocycles. The van der Waals surface area contributed by atoms with Gasteiger partial charge in [-0.2, -0.15) is 0 Å². The van der Waals surface area contributed by atoms with Crippen LogP contribution in [-0.2, 0) is 5.41 Å². The van der Waals surface area contributed by atoms with Crippen LogP contribution in [0.3, 0.4) is 0 Å². The lowest BCUT2D eigenvalue weighted by Gasteiger charge is -2.34. The number of benzene rings is 2. The second-order valence-electron chi connectivity index (χ2n) is 10.3. The zero-order chi connectivity index (χ0) is 24.3. The molecule has 0 unspecified atom stereocenters. The minimum absolute atomic E-state index is 0.0230. The van der Waals surface area contributed by atoms with Crippen molar-refractivity contribution in [2.75, 3.05) is 0 Å². The molecule has 0 radical (unpaired) electrons. The van der Waals surface area contributed by atoms with Gasteiger partial charge < -0.3 is 5.11 Å². The van der Waals surface area contributed by atoms with Crippen LogP contribution in [0.4, 0.5) is 0 Å². The minimum Gasteiger partial charge on any atom is -0.386 e. The van der Waals surface area contributed by atoms with Crippen LogP contribution in [0, 0.1) is 20.8 Å². The molecule has 0 amide bonds. The summed E-state index contributed by atoms with van der Waals surface area (Å²) in [4.78, 5) is 4.39. The molecule has 0 spiro atoms. The first-order valence-corrected chi connectivity index (χ1v) is 12.9. The molecule has 178 valence electrons. The first-order valence-electron chi connectivity index (χ1n) is 12.9. The highest BCUT2D eigenvalue weighted by atomic mass is 16.3. The summed E-state index contributed by atoms with van der Waals surface area (Å²) < 4.78 is 0. The van der Waals surface area contributed by atoms with Gasteiger partial charge in [0.25, 0.3) is 0 Å². The van der Waals surface area contributed by atoms with E-state index in [1.165, 1.54) is 44.5 Å². The Morgan fingerprint density at radius 1 is 0.882 bits per heavy atom. The third kappa shape index (κ3) is 4.74. The number of rotatable bonds is 7. The molecular formula is C32H39NO. The average molecular weight is 454 g/mol. The molecule has 1 fully saturated rings. The summed E-state index contributed by atoms with van der Waals surface area (Å²) >= 11 is 0. The van der Waals surface area contributed by atoms with Crippen molar-refractivity contribution in [1.82, 2.24) is 4.98 Å². The Morgan fingerprint density at radius 2 is 1.53 bits per heavy atom. The number of aromatic nitrogens is 1. The molecule has 1 aromatic heterocycles. The number of aliphatic hydroxyl groups is 1. The fourth-order valence-corrected chi connectivity index (χ4v) is 5.78. The Labute approximate surface area is 205 Å². The predicted octanol–water partition coefficient (Wildman–Crippen LogP) is 8.10. The van der Waals surface area contributed by atoms with Gasteiger partial charge in [-0.05, 0) is 91.5 Å². The van der Waals surface area contributed by atoms with Crippen LogP contribution in [0.1, 0.15) is 85.8 Å². The third-order valence-electron chi connectivity index (χ3n) is 8.04. The van der Waals surface area contributed by atoms with E-state index in [0.29, 0.717) is 0 Å². The second kappa shape index (κ2) is 9.88. The molecule has 1 aliphatic rings. The summed E-state index contributed by atoms with van der Waals surface area (Å²) in [6, 6.07) is 16.1. The molecule has 0 bridgehead atoms. The number of pyridine rings is 1. The minimum atomic E-state index is -0.617. The molecule has 1 N–H and O–H groups in total. The van der Waals surface area contributed by atoms with Crippen molar-refractivity contribution in [3.63, 3.8) is 0 Å². The van der Waals surface area contributed by atoms with Crippen molar-refractivity contribution in [3.05, 3.63) is 94.3 Å². The Morgan fingerprint density at radius 3 is 2.12 bits per heavy atom. The van der Waals surface area contributed by atoms with E-state index in [0.717, 1.165) is 38.5 Å². The first-order chi connectivity index (χ1) is 16.3. The molecule has 1 aliphatic carbocycles. The lowest BCUT2D eigenvalue weighted by Crippen LogP contribution is -2.26. The summed E-state index contributed by atoms with van der Waals surface area (Å²) in [6.45, 7) is 11.1. The molecule has 1 heterocycles. The molecule has 2 nitrogen and oxygen atoms in total. The van der Waals surface area contributed by atoms with Crippen molar-refractivity contribution < 1.29 is 5.11 Å². The third-order valence-corrected chi connectivity index (χ3v) is 8.04. The van der Waals surface area contributed by atoms with E-state index in [1.807, 2.05) is 18.5 Å². The van der Waals surface area contributed by atoms with Gasteiger partial charge in [-0.1, -0.05) is 75.2 Å². The van der Waals surface area contributed by atoms with Crippen LogP contribution in [0.5, 0.6) is 0 Å². The quantitative estimate of drug-likeness (QED) is 0.392. The summed E-state index contributed by atoms with van der Waals surface area (Å²) in [7, 11) is 0. The maximum Gasteiger partial charge on any atom is 0.0830 e. The maximum absolute atomic E-state index is 10.7. The SMILES string of the molecule is CCC(CC)(c1ccc(/C=C/C2(O)CCCC2)c(C)c1)c1ccc(-c2cncc(C)c2)c(C)c1. The normalized spacial score (nSPS) is 15.8. The Balaban J connectivity index is 1.69.